The lowest BCUT2D eigenvalue weighted by Gasteiger charge is -2.38. The highest BCUT2D eigenvalue weighted by Gasteiger charge is 2.33. The third kappa shape index (κ3) is 5.76. The molecule has 3 aromatic carbocycles. The van der Waals surface area contributed by atoms with Crippen LogP contribution in [0.1, 0.15) is 17.2 Å². The normalized spacial score (nSPS) is 15.0. The van der Waals surface area contributed by atoms with Crippen LogP contribution in [0.4, 0.5) is 10.5 Å². The van der Waals surface area contributed by atoms with Gasteiger partial charge in [-0.2, -0.15) is 0 Å². The Morgan fingerprint density at radius 1 is 0.973 bits per heavy atom. The molecule has 0 unspecified atom stereocenters. The second-order valence-corrected chi connectivity index (χ2v) is 10.5. The number of carbonyl (C=O) groups is 1. The molecule has 0 radical (unpaired) electrons. The summed E-state index contributed by atoms with van der Waals surface area (Å²) >= 11 is 5.91. The summed E-state index contributed by atoms with van der Waals surface area (Å²) in [6, 6.07) is 15.6. The molecular weight excluding hydrogens is 518 g/mol. The van der Waals surface area contributed by atoms with Crippen LogP contribution in [0.15, 0.2) is 65.6 Å². The number of nitrogens with zero attached hydrogens (tertiary/aromatic N) is 1. The van der Waals surface area contributed by atoms with E-state index in [2.05, 4.69) is 10.0 Å². The molecule has 0 saturated heterocycles. The smallest absolute Gasteiger partial charge is 0.322 e. The molecule has 0 fully saturated rings. The minimum Gasteiger partial charge on any atom is -0.495 e. The Labute approximate surface area is 221 Å². The number of fused-ring (bicyclic) bond motifs is 1. The number of rotatable bonds is 8. The van der Waals surface area contributed by atoms with Gasteiger partial charge in [-0.3, -0.25) is 0 Å². The van der Waals surface area contributed by atoms with E-state index in [0.717, 1.165) is 11.1 Å². The van der Waals surface area contributed by atoms with Crippen molar-refractivity contribution in [3.63, 3.8) is 0 Å². The minimum absolute atomic E-state index is 0.0627. The first-order valence-electron chi connectivity index (χ1n) is 11.5. The second-order valence-electron chi connectivity index (χ2n) is 8.30. The van der Waals surface area contributed by atoms with E-state index in [-0.39, 0.29) is 17.5 Å². The molecule has 1 heterocycles. The fourth-order valence-electron chi connectivity index (χ4n) is 4.31. The highest BCUT2D eigenvalue weighted by atomic mass is 35.5. The van der Waals surface area contributed by atoms with Crippen LogP contribution in [0.5, 0.6) is 17.2 Å². The van der Waals surface area contributed by atoms with Crippen LogP contribution in [-0.2, 0) is 16.4 Å². The topological polar surface area (TPSA) is 106 Å². The summed E-state index contributed by atoms with van der Waals surface area (Å²) in [7, 11) is 0.733. The number of hydrogen-bond acceptors (Lipinski definition) is 6. The molecule has 2 amide bonds. The van der Waals surface area contributed by atoms with Gasteiger partial charge in [-0.05, 0) is 66.1 Å². The number of anilines is 1. The molecule has 0 aliphatic carbocycles. The predicted octanol–water partition coefficient (Wildman–Crippen LogP) is 4.48. The van der Waals surface area contributed by atoms with Crippen molar-refractivity contribution >= 4 is 33.3 Å². The molecule has 1 atom stereocenters. The number of ether oxygens (including phenoxy) is 3. The molecule has 0 spiro atoms. The van der Waals surface area contributed by atoms with Crippen LogP contribution in [0.3, 0.4) is 0 Å². The van der Waals surface area contributed by atoms with Crippen molar-refractivity contribution < 1.29 is 27.4 Å². The van der Waals surface area contributed by atoms with E-state index < -0.39 is 16.1 Å². The van der Waals surface area contributed by atoms with E-state index in [4.69, 9.17) is 25.8 Å². The van der Waals surface area contributed by atoms with E-state index in [9.17, 15) is 13.2 Å². The van der Waals surface area contributed by atoms with Crippen molar-refractivity contribution in [1.29, 1.82) is 0 Å². The zero-order chi connectivity index (χ0) is 26.6. The Balaban J connectivity index is 1.68. The standard InChI is InChI=1S/C26H28ClN3O6S/c1-34-23-7-5-4-6-21(23)29-26(31)30-13-12-17-14-24(35-2)25(36-3)15-20(17)22(30)16-28-37(32,33)19-10-8-18(27)9-11-19/h4-11,14-15,22,28H,12-13,16H2,1-3H3,(H,29,31)/t22-/m0/s1. The summed E-state index contributed by atoms with van der Waals surface area (Å²) in [5.41, 5.74) is 2.21. The lowest BCUT2D eigenvalue weighted by atomic mass is 9.92. The number of urea groups is 1. The predicted molar refractivity (Wildman–Crippen MR) is 141 cm³/mol. The molecular formula is C26H28ClN3O6S. The molecule has 1 aliphatic rings. The number of amides is 2. The van der Waals surface area contributed by atoms with Crippen LogP contribution in [0.25, 0.3) is 0 Å². The zero-order valence-corrected chi connectivity index (χ0v) is 22.2. The van der Waals surface area contributed by atoms with Gasteiger partial charge in [0.2, 0.25) is 10.0 Å². The van der Waals surface area contributed by atoms with Crippen LogP contribution < -0.4 is 24.2 Å². The largest absolute Gasteiger partial charge is 0.495 e. The first-order valence-corrected chi connectivity index (χ1v) is 13.3. The van der Waals surface area contributed by atoms with Gasteiger partial charge in [0.05, 0.1) is 38.0 Å². The van der Waals surface area contributed by atoms with Crippen molar-refractivity contribution in [2.24, 2.45) is 0 Å². The Hall–Kier alpha value is -3.47. The Morgan fingerprint density at radius 2 is 1.62 bits per heavy atom. The summed E-state index contributed by atoms with van der Waals surface area (Å²) in [5, 5.41) is 3.32. The lowest BCUT2D eigenvalue weighted by Crippen LogP contribution is -2.46. The van der Waals surface area contributed by atoms with Crippen LogP contribution in [-0.4, -0.2) is 53.8 Å². The van der Waals surface area contributed by atoms with Crippen LogP contribution >= 0.6 is 11.6 Å². The van der Waals surface area contributed by atoms with Crippen molar-refractivity contribution in [1.82, 2.24) is 9.62 Å². The van der Waals surface area contributed by atoms with E-state index in [1.54, 1.807) is 42.3 Å². The third-order valence-corrected chi connectivity index (χ3v) is 7.89. The first kappa shape index (κ1) is 26.6. The van der Waals surface area contributed by atoms with E-state index in [0.29, 0.717) is 40.9 Å². The first-order chi connectivity index (χ1) is 17.8. The molecule has 4 rings (SSSR count). The average Bonchev–Trinajstić information content (AvgIpc) is 2.91. The monoisotopic (exact) mass is 545 g/mol. The minimum atomic E-state index is -3.87. The van der Waals surface area contributed by atoms with Gasteiger partial charge >= 0.3 is 6.03 Å². The SMILES string of the molecule is COc1ccccc1NC(=O)N1CCc2cc(OC)c(OC)cc2[C@@H]1CNS(=O)(=O)c1ccc(Cl)cc1. The zero-order valence-electron chi connectivity index (χ0n) is 20.7. The lowest BCUT2D eigenvalue weighted by molar-refractivity contribution is 0.182. The highest BCUT2D eigenvalue weighted by Crippen LogP contribution is 2.38. The number of halogens is 1. The number of para-hydroxylation sites is 2. The maximum Gasteiger partial charge on any atom is 0.322 e. The fraction of sp³-hybridized carbons (Fsp3) is 0.269. The molecule has 1 aliphatic heterocycles. The average molecular weight is 546 g/mol. The van der Waals surface area contributed by atoms with Gasteiger partial charge < -0.3 is 24.4 Å². The van der Waals surface area contributed by atoms with E-state index in [1.165, 1.54) is 38.5 Å². The maximum absolute atomic E-state index is 13.5. The third-order valence-electron chi connectivity index (χ3n) is 6.20. The quantitative estimate of drug-likeness (QED) is 0.432. The molecule has 9 nitrogen and oxygen atoms in total. The molecule has 0 aromatic heterocycles. The molecule has 196 valence electrons. The number of carbonyl (C=O) groups excluding carboxylic acids is 1. The summed E-state index contributed by atoms with van der Waals surface area (Å²) in [6.07, 6.45) is 0.551. The number of hydrogen-bond donors (Lipinski definition) is 2. The summed E-state index contributed by atoms with van der Waals surface area (Å²) in [4.78, 5) is 15.2. The molecule has 11 heteroatoms. The Kier molecular flexibility index (Phi) is 8.11. The summed E-state index contributed by atoms with van der Waals surface area (Å²) < 4.78 is 45.0. The van der Waals surface area contributed by atoms with Crippen molar-refractivity contribution in [3.8, 4) is 17.2 Å². The number of methoxy groups -OCH3 is 3. The molecule has 3 aromatic rings. The van der Waals surface area contributed by atoms with Gasteiger partial charge in [0.1, 0.15) is 5.75 Å². The van der Waals surface area contributed by atoms with Gasteiger partial charge in [0, 0.05) is 18.1 Å². The number of benzene rings is 3. The summed E-state index contributed by atoms with van der Waals surface area (Å²) in [5.74, 6) is 1.56. The molecule has 0 saturated carbocycles. The Bertz CT molecular complexity index is 1380. The van der Waals surface area contributed by atoms with Crippen LogP contribution in [0.2, 0.25) is 5.02 Å². The van der Waals surface area contributed by atoms with Gasteiger partial charge in [-0.15, -0.1) is 0 Å². The second kappa shape index (κ2) is 11.3. The molecule has 37 heavy (non-hydrogen) atoms. The summed E-state index contributed by atoms with van der Waals surface area (Å²) in [6.45, 7) is 0.295. The maximum atomic E-state index is 13.5. The molecule has 0 bridgehead atoms. The van der Waals surface area contributed by atoms with Gasteiger partial charge in [0.15, 0.2) is 11.5 Å². The molecule has 2 N–H and O–H groups in total. The number of sulfonamides is 1. The fourth-order valence-corrected chi connectivity index (χ4v) is 5.48. The van der Waals surface area contributed by atoms with Gasteiger partial charge in [-0.1, -0.05) is 23.7 Å². The van der Waals surface area contributed by atoms with Crippen molar-refractivity contribution in [2.75, 3.05) is 39.7 Å². The highest BCUT2D eigenvalue weighted by molar-refractivity contribution is 7.89. The van der Waals surface area contributed by atoms with Gasteiger partial charge in [0.25, 0.3) is 0 Å². The Morgan fingerprint density at radius 3 is 2.30 bits per heavy atom. The van der Waals surface area contributed by atoms with E-state index >= 15 is 0 Å². The van der Waals surface area contributed by atoms with E-state index in [1.807, 2.05) is 6.07 Å². The van der Waals surface area contributed by atoms with Crippen LogP contribution in [0, 0.1) is 0 Å². The number of nitrogens with one attached hydrogen (secondary N) is 2. The van der Waals surface area contributed by atoms with Crippen molar-refractivity contribution in [3.05, 3.63) is 76.8 Å². The van der Waals surface area contributed by atoms with Crippen molar-refractivity contribution in [2.45, 2.75) is 17.4 Å². The van der Waals surface area contributed by atoms with Gasteiger partial charge in [-0.25, -0.2) is 17.9 Å².